The normalized spacial score (nSPS) is 13.8. The number of quaternary nitrogens is 1. The van der Waals surface area contributed by atoms with E-state index in [0.717, 1.165) is 70.6 Å². The number of carbonyl (C=O) groups is 2. The summed E-state index contributed by atoms with van der Waals surface area (Å²) >= 11 is 0. The lowest BCUT2D eigenvalue weighted by Crippen LogP contribution is -2.37. The number of ether oxygens (including phenoxy) is 2. The molecule has 0 spiro atoms. The van der Waals surface area contributed by atoms with Gasteiger partial charge in [-0.3, -0.25) is 14.2 Å². The molecule has 0 heterocycles. The standard InChI is InChI=1S/C56H102NO8P/c1-6-8-10-12-14-16-18-20-22-24-25-26-27-28-29-30-31-33-34-36-38-40-42-44-46-48-55(58)62-52-54(53-64-66(60,61)63-51-50-57(3,4)5)65-56(59)49-47-45-43-41-39-37-35-32-23-21-19-17-15-13-11-9-7-2/h9,11,15,17,21,23-25,35,37,54H,6-8,10,12-14,16,18-20,22,26-34,36,38-53H2,1-5H3/b11-9-,17-15-,23-21-,25-24-,37-35-. The van der Waals surface area contributed by atoms with Gasteiger partial charge in [0.1, 0.15) is 19.8 Å². The summed E-state index contributed by atoms with van der Waals surface area (Å²) in [4.78, 5) is 37.8. The maximum absolute atomic E-state index is 12.7. The first-order valence-electron chi connectivity index (χ1n) is 27.0. The van der Waals surface area contributed by atoms with Gasteiger partial charge in [0.05, 0.1) is 27.7 Å². The summed E-state index contributed by atoms with van der Waals surface area (Å²) in [7, 11) is 1.15. The van der Waals surface area contributed by atoms with E-state index in [9.17, 15) is 19.0 Å². The van der Waals surface area contributed by atoms with E-state index in [1.165, 1.54) is 128 Å². The first-order valence-corrected chi connectivity index (χ1v) is 28.5. The average Bonchev–Trinajstić information content (AvgIpc) is 3.27. The Balaban J connectivity index is 4.20. The van der Waals surface area contributed by atoms with Gasteiger partial charge in [0.2, 0.25) is 0 Å². The molecule has 0 aromatic heterocycles. The van der Waals surface area contributed by atoms with Crippen molar-refractivity contribution in [3.63, 3.8) is 0 Å². The molecule has 10 heteroatoms. The third-order valence-corrected chi connectivity index (χ3v) is 12.5. The van der Waals surface area contributed by atoms with Gasteiger partial charge in [-0.2, -0.15) is 0 Å². The summed E-state index contributed by atoms with van der Waals surface area (Å²) in [5.74, 6) is -0.859. The van der Waals surface area contributed by atoms with E-state index in [1.54, 1.807) is 0 Å². The zero-order valence-electron chi connectivity index (χ0n) is 43.4. The largest absolute Gasteiger partial charge is 0.756 e. The van der Waals surface area contributed by atoms with Gasteiger partial charge in [0.15, 0.2) is 6.10 Å². The van der Waals surface area contributed by atoms with Crippen molar-refractivity contribution in [2.45, 2.75) is 238 Å². The highest BCUT2D eigenvalue weighted by Gasteiger charge is 2.21. The molecule has 2 unspecified atom stereocenters. The molecule has 0 aliphatic rings. The number of allylic oxidation sites excluding steroid dienone is 10. The van der Waals surface area contributed by atoms with E-state index in [2.05, 4.69) is 74.6 Å². The Labute approximate surface area is 406 Å². The second-order valence-electron chi connectivity index (χ2n) is 19.2. The molecule has 0 bridgehead atoms. The molecule has 384 valence electrons. The second-order valence-corrected chi connectivity index (χ2v) is 20.6. The van der Waals surface area contributed by atoms with Crippen LogP contribution in [-0.4, -0.2) is 70.0 Å². The molecule has 0 aliphatic carbocycles. The van der Waals surface area contributed by atoms with Crippen LogP contribution in [0.5, 0.6) is 0 Å². The SMILES string of the molecule is CC/C=C\C/C=C\C/C=C\C/C=C\CCCCCCC(=O)OC(COC(=O)CCCCCCCCCCCCCCC/C=C\CCCCCCCCCC)COP(=O)([O-])OCC[N+](C)(C)C. The molecule has 0 saturated heterocycles. The summed E-state index contributed by atoms with van der Waals surface area (Å²) < 4.78 is 34.0. The number of hydrogen-bond acceptors (Lipinski definition) is 8. The number of esters is 2. The van der Waals surface area contributed by atoms with Crippen LogP contribution < -0.4 is 4.89 Å². The second kappa shape index (κ2) is 47.8. The van der Waals surface area contributed by atoms with E-state index in [4.69, 9.17) is 18.5 Å². The maximum Gasteiger partial charge on any atom is 0.306 e. The first-order chi connectivity index (χ1) is 32.0. The van der Waals surface area contributed by atoms with Crippen LogP contribution >= 0.6 is 7.82 Å². The highest BCUT2D eigenvalue weighted by Crippen LogP contribution is 2.38. The van der Waals surface area contributed by atoms with Crippen LogP contribution in [0.4, 0.5) is 0 Å². The Morgan fingerprint density at radius 2 is 0.864 bits per heavy atom. The van der Waals surface area contributed by atoms with E-state index >= 15 is 0 Å². The van der Waals surface area contributed by atoms with Crippen molar-refractivity contribution >= 4 is 19.8 Å². The fraction of sp³-hybridized carbons (Fsp3) is 0.786. The number of likely N-dealkylation sites (N-methyl/N-ethyl adjacent to an activating group) is 1. The molecule has 0 rings (SSSR count). The Bertz CT molecular complexity index is 1300. The summed E-state index contributed by atoms with van der Waals surface area (Å²) in [6.45, 7) is 4.11. The Morgan fingerprint density at radius 1 is 0.485 bits per heavy atom. The molecule has 0 aromatic carbocycles. The molecule has 0 amide bonds. The monoisotopic (exact) mass is 948 g/mol. The third kappa shape index (κ3) is 51.1. The van der Waals surface area contributed by atoms with Crippen LogP contribution in [0, 0.1) is 0 Å². The molecule has 0 N–H and O–H groups in total. The molecular formula is C56H102NO8P. The highest BCUT2D eigenvalue weighted by molar-refractivity contribution is 7.45. The quantitative estimate of drug-likeness (QED) is 0.0195. The van der Waals surface area contributed by atoms with Gasteiger partial charge >= 0.3 is 11.9 Å². The van der Waals surface area contributed by atoms with Crippen LogP contribution in [0.2, 0.25) is 0 Å². The van der Waals surface area contributed by atoms with Crippen molar-refractivity contribution < 1.29 is 42.1 Å². The van der Waals surface area contributed by atoms with Crippen molar-refractivity contribution in [3.05, 3.63) is 60.8 Å². The van der Waals surface area contributed by atoms with Crippen molar-refractivity contribution in [3.8, 4) is 0 Å². The summed E-state index contributed by atoms with van der Waals surface area (Å²) in [6, 6.07) is 0. The molecule has 2 atom stereocenters. The molecule has 0 saturated carbocycles. The van der Waals surface area contributed by atoms with E-state index in [0.29, 0.717) is 17.4 Å². The average molecular weight is 948 g/mol. The number of phosphoric acid groups is 1. The van der Waals surface area contributed by atoms with Gasteiger partial charge in [-0.25, -0.2) is 0 Å². The third-order valence-electron chi connectivity index (χ3n) is 11.5. The van der Waals surface area contributed by atoms with Gasteiger partial charge in [-0.15, -0.1) is 0 Å². The summed E-state index contributed by atoms with van der Waals surface area (Å²) in [5, 5.41) is 0. The Hall–Kier alpha value is -2.29. The van der Waals surface area contributed by atoms with Gasteiger partial charge in [0.25, 0.3) is 7.82 Å². The predicted molar refractivity (Wildman–Crippen MR) is 277 cm³/mol. The van der Waals surface area contributed by atoms with Crippen LogP contribution in [0.25, 0.3) is 0 Å². The fourth-order valence-corrected chi connectivity index (χ4v) is 8.08. The van der Waals surface area contributed by atoms with Crippen molar-refractivity contribution in [2.24, 2.45) is 0 Å². The smallest absolute Gasteiger partial charge is 0.306 e. The summed E-state index contributed by atoms with van der Waals surface area (Å²) in [6.07, 6.45) is 59.8. The van der Waals surface area contributed by atoms with Gasteiger partial charge in [-0.05, 0) is 77.0 Å². The zero-order valence-corrected chi connectivity index (χ0v) is 44.3. The molecule has 0 aromatic rings. The van der Waals surface area contributed by atoms with Crippen LogP contribution in [0.3, 0.4) is 0 Å². The molecule has 0 fully saturated rings. The Morgan fingerprint density at radius 3 is 1.30 bits per heavy atom. The van der Waals surface area contributed by atoms with Crippen LogP contribution in [-0.2, 0) is 32.7 Å². The van der Waals surface area contributed by atoms with Gasteiger partial charge < -0.3 is 27.9 Å². The topological polar surface area (TPSA) is 111 Å². The van der Waals surface area contributed by atoms with E-state index in [-0.39, 0.29) is 32.0 Å². The van der Waals surface area contributed by atoms with E-state index < -0.39 is 26.5 Å². The lowest BCUT2D eigenvalue weighted by atomic mass is 10.0. The van der Waals surface area contributed by atoms with Crippen molar-refractivity contribution in [1.29, 1.82) is 0 Å². The minimum absolute atomic E-state index is 0.0376. The minimum Gasteiger partial charge on any atom is -0.756 e. The van der Waals surface area contributed by atoms with Crippen molar-refractivity contribution in [2.75, 3.05) is 47.5 Å². The number of phosphoric ester groups is 1. The maximum atomic E-state index is 12.7. The number of nitrogens with zero attached hydrogens (tertiary/aromatic N) is 1. The first kappa shape index (κ1) is 63.7. The van der Waals surface area contributed by atoms with Crippen LogP contribution in [0.1, 0.15) is 232 Å². The number of unbranched alkanes of at least 4 members (excludes halogenated alkanes) is 25. The Kier molecular flexibility index (Phi) is 46.1. The molecule has 0 radical (unpaired) electrons. The van der Waals surface area contributed by atoms with Gasteiger partial charge in [-0.1, -0.05) is 203 Å². The zero-order chi connectivity index (χ0) is 48.5. The van der Waals surface area contributed by atoms with E-state index in [1.807, 2.05) is 21.1 Å². The fourth-order valence-electron chi connectivity index (χ4n) is 7.35. The molecule has 66 heavy (non-hydrogen) atoms. The lowest BCUT2D eigenvalue weighted by Gasteiger charge is -2.28. The highest BCUT2D eigenvalue weighted by atomic mass is 31.2. The number of carbonyl (C=O) groups excluding carboxylic acids is 2. The molecular weight excluding hydrogens is 846 g/mol. The van der Waals surface area contributed by atoms with Crippen LogP contribution in [0.15, 0.2) is 60.8 Å². The molecule has 9 nitrogen and oxygen atoms in total. The van der Waals surface area contributed by atoms with Gasteiger partial charge in [0, 0.05) is 12.8 Å². The number of hydrogen-bond donors (Lipinski definition) is 0. The lowest BCUT2D eigenvalue weighted by molar-refractivity contribution is -0.870. The predicted octanol–water partition coefficient (Wildman–Crippen LogP) is 15.7. The minimum atomic E-state index is -4.64. The molecule has 0 aliphatic heterocycles. The number of rotatable bonds is 49. The van der Waals surface area contributed by atoms with Crippen molar-refractivity contribution in [1.82, 2.24) is 0 Å². The summed E-state index contributed by atoms with van der Waals surface area (Å²) in [5.41, 5.74) is 0.